The second-order valence-electron chi connectivity index (χ2n) is 6.52. The van der Waals surface area contributed by atoms with Gasteiger partial charge < -0.3 is 21.1 Å². The van der Waals surface area contributed by atoms with E-state index < -0.39 is 5.54 Å². The van der Waals surface area contributed by atoms with Gasteiger partial charge in [-0.05, 0) is 49.6 Å². The smallest absolute Gasteiger partial charge is 0.255 e. The molecule has 3 rings (SSSR count). The summed E-state index contributed by atoms with van der Waals surface area (Å²) in [5, 5.41) is 5.79. The summed E-state index contributed by atoms with van der Waals surface area (Å²) in [4.78, 5) is 25.0. The molecular weight excluding hydrogens is 366 g/mol. The number of carbonyl (C=O) groups excluding carboxylic acids is 2. The van der Waals surface area contributed by atoms with Crippen molar-refractivity contribution in [2.24, 2.45) is 5.73 Å². The maximum absolute atomic E-state index is 12.6. The minimum Gasteiger partial charge on any atom is -0.381 e. The molecule has 0 aromatic heterocycles. The van der Waals surface area contributed by atoms with Gasteiger partial charge in [0.15, 0.2) is 0 Å². The van der Waals surface area contributed by atoms with Crippen LogP contribution in [0.25, 0.3) is 0 Å². The highest BCUT2D eigenvalue weighted by molar-refractivity contribution is 6.05. The predicted octanol–water partition coefficient (Wildman–Crippen LogP) is 3.12. The average Bonchev–Trinajstić information content (AvgIpc) is 2.66. The number of amides is 2. The van der Waals surface area contributed by atoms with Crippen molar-refractivity contribution in [3.05, 3.63) is 59.7 Å². The Morgan fingerprint density at radius 2 is 1.56 bits per heavy atom. The second kappa shape index (κ2) is 8.99. The van der Waals surface area contributed by atoms with E-state index in [1.807, 2.05) is 25.1 Å². The van der Waals surface area contributed by atoms with E-state index in [2.05, 4.69) is 10.6 Å². The molecule has 0 unspecified atom stereocenters. The molecule has 1 heterocycles. The second-order valence-corrected chi connectivity index (χ2v) is 6.52. The minimum absolute atomic E-state index is 0. The van der Waals surface area contributed by atoms with Crippen molar-refractivity contribution in [3.63, 3.8) is 0 Å². The summed E-state index contributed by atoms with van der Waals surface area (Å²) in [5.41, 5.74) is 7.95. The third kappa shape index (κ3) is 4.86. The molecule has 7 heteroatoms. The van der Waals surface area contributed by atoms with Crippen LogP contribution in [0.1, 0.15) is 28.8 Å². The van der Waals surface area contributed by atoms with Crippen molar-refractivity contribution in [3.8, 4) is 0 Å². The Balaban J connectivity index is 0.00000261. The van der Waals surface area contributed by atoms with Crippen molar-refractivity contribution in [1.29, 1.82) is 0 Å². The summed E-state index contributed by atoms with van der Waals surface area (Å²) in [6.45, 7) is 2.82. The fourth-order valence-corrected chi connectivity index (χ4v) is 2.90. The number of nitrogens with one attached hydrogen (secondary N) is 2. The summed E-state index contributed by atoms with van der Waals surface area (Å²) < 4.78 is 5.29. The van der Waals surface area contributed by atoms with Crippen LogP contribution in [0.15, 0.2) is 48.5 Å². The van der Waals surface area contributed by atoms with Gasteiger partial charge in [0.1, 0.15) is 5.54 Å². The van der Waals surface area contributed by atoms with E-state index in [4.69, 9.17) is 10.5 Å². The van der Waals surface area contributed by atoms with Crippen molar-refractivity contribution < 1.29 is 14.3 Å². The lowest BCUT2D eigenvalue weighted by Crippen LogP contribution is -2.54. The molecule has 0 atom stereocenters. The van der Waals surface area contributed by atoms with Gasteiger partial charge in [-0.3, -0.25) is 9.59 Å². The number of benzene rings is 2. The Hall–Kier alpha value is -2.41. The lowest BCUT2D eigenvalue weighted by atomic mass is 9.90. The van der Waals surface area contributed by atoms with Gasteiger partial charge in [-0.15, -0.1) is 12.4 Å². The van der Waals surface area contributed by atoms with Crippen molar-refractivity contribution in [1.82, 2.24) is 0 Å². The summed E-state index contributed by atoms with van der Waals surface area (Å²) in [6.07, 6.45) is 0.977. The monoisotopic (exact) mass is 389 g/mol. The molecule has 0 aliphatic carbocycles. The third-order valence-electron chi connectivity index (χ3n) is 4.70. The van der Waals surface area contributed by atoms with Crippen LogP contribution in [0.2, 0.25) is 0 Å². The molecule has 2 aromatic rings. The normalized spacial score (nSPS) is 15.3. The molecular formula is C20H24ClN3O3. The van der Waals surface area contributed by atoms with Gasteiger partial charge in [-0.1, -0.05) is 24.3 Å². The zero-order valence-corrected chi connectivity index (χ0v) is 16.0. The van der Waals surface area contributed by atoms with Crippen molar-refractivity contribution in [2.75, 3.05) is 23.8 Å². The first kappa shape index (κ1) is 20.9. The van der Waals surface area contributed by atoms with Gasteiger partial charge in [0.2, 0.25) is 5.91 Å². The van der Waals surface area contributed by atoms with Crippen LogP contribution in [-0.2, 0) is 9.53 Å². The molecule has 2 amide bonds. The number of halogens is 1. The first-order chi connectivity index (χ1) is 12.5. The molecule has 0 bridgehead atoms. The molecule has 1 aliphatic heterocycles. The van der Waals surface area contributed by atoms with Crippen LogP contribution in [0.5, 0.6) is 0 Å². The van der Waals surface area contributed by atoms with Gasteiger partial charge in [0.25, 0.3) is 5.91 Å². The number of carbonyl (C=O) groups is 2. The van der Waals surface area contributed by atoms with E-state index >= 15 is 0 Å². The number of hydrogen-bond acceptors (Lipinski definition) is 4. The number of anilines is 2. The molecule has 27 heavy (non-hydrogen) atoms. The quantitative estimate of drug-likeness (QED) is 0.748. The summed E-state index contributed by atoms with van der Waals surface area (Å²) in [6, 6.07) is 14.4. The van der Waals surface area contributed by atoms with E-state index in [-0.39, 0.29) is 24.2 Å². The number of rotatable bonds is 4. The van der Waals surface area contributed by atoms with Gasteiger partial charge in [0.05, 0.1) is 0 Å². The van der Waals surface area contributed by atoms with E-state index in [0.29, 0.717) is 43.0 Å². The van der Waals surface area contributed by atoms with E-state index in [9.17, 15) is 9.59 Å². The SMILES string of the molecule is Cc1c(NC(=O)c2ccccc2)cccc1NC(=O)C1(N)CCOCC1.Cl. The molecule has 6 nitrogen and oxygen atoms in total. The number of nitrogens with two attached hydrogens (primary N) is 1. The largest absolute Gasteiger partial charge is 0.381 e. The van der Waals surface area contributed by atoms with E-state index in [1.165, 1.54) is 0 Å². The fraction of sp³-hybridized carbons (Fsp3) is 0.300. The van der Waals surface area contributed by atoms with Crippen LogP contribution in [-0.4, -0.2) is 30.6 Å². The summed E-state index contributed by atoms with van der Waals surface area (Å²) >= 11 is 0. The number of ether oxygens (including phenoxy) is 1. The van der Waals surface area contributed by atoms with Crippen LogP contribution in [0.3, 0.4) is 0 Å². The van der Waals surface area contributed by atoms with E-state index in [0.717, 1.165) is 5.56 Å². The Morgan fingerprint density at radius 3 is 2.19 bits per heavy atom. The van der Waals surface area contributed by atoms with Crippen LogP contribution in [0, 0.1) is 6.92 Å². The Labute approximate surface area is 164 Å². The third-order valence-corrected chi connectivity index (χ3v) is 4.70. The van der Waals surface area contributed by atoms with Gasteiger partial charge in [-0.2, -0.15) is 0 Å². The van der Waals surface area contributed by atoms with Crippen molar-refractivity contribution >= 4 is 35.6 Å². The zero-order chi connectivity index (χ0) is 18.6. The highest BCUT2D eigenvalue weighted by Crippen LogP contribution is 2.26. The van der Waals surface area contributed by atoms with Gasteiger partial charge >= 0.3 is 0 Å². The lowest BCUT2D eigenvalue weighted by Gasteiger charge is -2.32. The predicted molar refractivity (Wildman–Crippen MR) is 108 cm³/mol. The molecule has 0 spiro atoms. The first-order valence-corrected chi connectivity index (χ1v) is 8.64. The Morgan fingerprint density at radius 1 is 0.963 bits per heavy atom. The van der Waals surface area contributed by atoms with Crippen LogP contribution >= 0.6 is 12.4 Å². The maximum Gasteiger partial charge on any atom is 0.255 e. The first-order valence-electron chi connectivity index (χ1n) is 8.64. The molecule has 0 saturated carbocycles. The Kier molecular flexibility index (Phi) is 6.96. The van der Waals surface area contributed by atoms with Gasteiger partial charge in [-0.25, -0.2) is 0 Å². The molecule has 1 fully saturated rings. The van der Waals surface area contributed by atoms with E-state index in [1.54, 1.807) is 30.3 Å². The van der Waals surface area contributed by atoms with Crippen molar-refractivity contribution in [2.45, 2.75) is 25.3 Å². The van der Waals surface area contributed by atoms with Gasteiger partial charge in [0, 0.05) is 30.2 Å². The molecule has 144 valence electrons. The highest BCUT2D eigenvalue weighted by atomic mass is 35.5. The summed E-state index contributed by atoms with van der Waals surface area (Å²) in [5.74, 6) is -0.424. The van der Waals surface area contributed by atoms with Crippen LogP contribution < -0.4 is 16.4 Å². The molecule has 1 saturated heterocycles. The molecule has 2 aromatic carbocycles. The standard InChI is InChI=1S/C20H23N3O3.ClH/c1-14-16(22-18(24)15-6-3-2-4-7-15)8-5-9-17(14)23-19(25)20(21)10-12-26-13-11-20;/h2-9H,10-13,21H2,1H3,(H,22,24)(H,23,25);1H. The maximum atomic E-state index is 12.6. The molecule has 4 N–H and O–H groups in total. The number of hydrogen-bond donors (Lipinski definition) is 3. The highest BCUT2D eigenvalue weighted by Gasteiger charge is 2.36. The molecule has 1 aliphatic rings. The van der Waals surface area contributed by atoms with Crippen LogP contribution in [0.4, 0.5) is 11.4 Å². The fourth-order valence-electron chi connectivity index (χ4n) is 2.90. The minimum atomic E-state index is -0.923. The Bertz CT molecular complexity index is 805. The summed E-state index contributed by atoms with van der Waals surface area (Å²) in [7, 11) is 0. The topological polar surface area (TPSA) is 93.5 Å². The zero-order valence-electron chi connectivity index (χ0n) is 15.2. The molecule has 0 radical (unpaired) electrons. The lowest BCUT2D eigenvalue weighted by molar-refractivity contribution is -0.124. The average molecular weight is 390 g/mol.